The van der Waals surface area contributed by atoms with Crippen molar-refractivity contribution in [1.82, 2.24) is 10.2 Å². The van der Waals surface area contributed by atoms with Crippen LogP contribution in [0.2, 0.25) is 0 Å². The molecule has 0 aromatic heterocycles. The Kier molecular flexibility index (Phi) is 5.17. The van der Waals surface area contributed by atoms with Crippen LogP contribution in [0.25, 0.3) is 0 Å². The molecule has 0 amide bonds. The fourth-order valence-electron chi connectivity index (χ4n) is 2.95. The molecule has 2 rings (SSSR count). The summed E-state index contributed by atoms with van der Waals surface area (Å²) in [6.07, 6.45) is 3.32. The van der Waals surface area contributed by atoms with Gasteiger partial charge < -0.3 is 5.32 Å². The van der Waals surface area contributed by atoms with Gasteiger partial charge in [-0.15, -0.1) is 0 Å². The molecule has 0 spiro atoms. The van der Waals surface area contributed by atoms with Crippen LogP contribution in [-0.2, 0) is 6.42 Å². The molecule has 2 unspecified atom stereocenters. The van der Waals surface area contributed by atoms with E-state index in [1.54, 1.807) is 12.1 Å². The van der Waals surface area contributed by atoms with Gasteiger partial charge in [0.05, 0.1) is 0 Å². The summed E-state index contributed by atoms with van der Waals surface area (Å²) in [5, 5.41) is 3.69. The van der Waals surface area contributed by atoms with E-state index in [2.05, 4.69) is 31.0 Å². The van der Waals surface area contributed by atoms with Gasteiger partial charge in [-0.05, 0) is 43.9 Å². The maximum Gasteiger partial charge on any atom is 0.123 e. The highest BCUT2D eigenvalue weighted by atomic mass is 19.1. The predicted molar refractivity (Wildman–Crippen MR) is 82.5 cm³/mol. The van der Waals surface area contributed by atoms with Crippen LogP contribution in [0.3, 0.4) is 0 Å². The van der Waals surface area contributed by atoms with Gasteiger partial charge in [0, 0.05) is 31.2 Å². The Morgan fingerprint density at radius 1 is 1.30 bits per heavy atom. The molecule has 0 radical (unpaired) electrons. The second-order valence-corrected chi connectivity index (χ2v) is 6.20. The lowest BCUT2D eigenvalue weighted by Gasteiger charge is -2.46. The first-order chi connectivity index (χ1) is 9.56. The van der Waals surface area contributed by atoms with E-state index in [1.807, 2.05) is 12.1 Å². The average Bonchev–Trinajstić information content (AvgIpc) is 2.47. The summed E-state index contributed by atoms with van der Waals surface area (Å²) < 4.78 is 12.9. The van der Waals surface area contributed by atoms with Crippen LogP contribution in [0.4, 0.5) is 4.39 Å². The van der Waals surface area contributed by atoms with Gasteiger partial charge in [0.15, 0.2) is 0 Å². The zero-order chi connectivity index (χ0) is 14.6. The van der Waals surface area contributed by atoms with E-state index in [4.69, 9.17) is 0 Å². The third-order valence-corrected chi connectivity index (χ3v) is 4.69. The first-order valence-electron chi connectivity index (χ1n) is 7.80. The van der Waals surface area contributed by atoms with Gasteiger partial charge in [0.2, 0.25) is 0 Å². The number of halogens is 1. The van der Waals surface area contributed by atoms with Crippen molar-refractivity contribution in [3.05, 3.63) is 35.6 Å². The van der Waals surface area contributed by atoms with Crippen LogP contribution in [0, 0.1) is 5.82 Å². The first-order valence-corrected chi connectivity index (χ1v) is 7.80. The topological polar surface area (TPSA) is 15.3 Å². The quantitative estimate of drug-likeness (QED) is 0.889. The highest BCUT2D eigenvalue weighted by Gasteiger charge is 2.33. The third kappa shape index (κ3) is 3.80. The maximum atomic E-state index is 12.9. The van der Waals surface area contributed by atoms with Gasteiger partial charge in [0.25, 0.3) is 0 Å². The lowest BCUT2D eigenvalue weighted by Crippen LogP contribution is -2.62. The van der Waals surface area contributed by atoms with E-state index in [0.717, 1.165) is 32.5 Å². The molecule has 0 saturated carbocycles. The smallest absolute Gasteiger partial charge is 0.123 e. The van der Waals surface area contributed by atoms with Gasteiger partial charge >= 0.3 is 0 Å². The molecule has 1 N–H and O–H groups in total. The normalized spacial score (nSPS) is 27.7. The third-order valence-electron chi connectivity index (χ3n) is 4.69. The molecule has 1 saturated heterocycles. The van der Waals surface area contributed by atoms with Gasteiger partial charge in [-0.2, -0.15) is 0 Å². The molecule has 2 nitrogen and oxygen atoms in total. The molecule has 1 aromatic carbocycles. The Balaban J connectivity index is 1.96. The van der Waals surface area contributed by atoms with Crippen LogP contribution in [0.1, 0.15) is 39.2 Å². The van der Waals surface area contributed by atoms with Crippen molar-refractivity contribution in [2.24, 2.45) is 0 Å². The Hall–Kier alpha value is -0.930. The minimum atomic E-state index is -0.152. The lowest BCUT2D eigenvalue weighted by molar-refractivity contribution is 0.0832. The summed E-state index contributed by atoms with van der Waals surface area (Å²) in [6, 6.07) is 7.53. The largest absolute Gasteiger partial charge is 0.309 e. The molecule has 20 heavy (non-hydrogen) atoms. The molecule has 112 valence electrons. The molecule has 0 aliphatic carbocycles. The second-order valence-electron chi connectivity index (χ2n) is 6.20. The highest BCUT2D eigenvalue weighted by Crippen LogP contribution is 2.20. The number of benzene rings is 1. The van der Waals surface area contributed by atoms with Crippen molar-refractivity contribution in [1.29, 1.82) is 0 Å². The van der Waals surface area contributed by atoms with Crippen molar-refractivity contribution in [2.45, 2.75) is 51.6 Å². The predicted octanol–water partition coefficient (Wildman–Crippen LogP) is 3.22. The molecule has 0 bridgehead atoms. The molecule has 1 heterocycles. The summed E-state index contributed by atoms with van der Waals surface area (Å²) in [6.45, 7) is 10.0. The van der Waals surface area contributed by atoms with Crippen LogP contribution in [-0.4, -0.2) is 36.1 Å². The molecular formula is C17H27FN2. The maximum absolute atomic E-state index is 12.9. The van der Waals surface area contributed by atoms with E-state index >= 15 is 0 Å². The molecule has 1 aliphatic rings. The van der Waals surface area contributed by atoms with Crippen LogP contribution >= 0.6 is 0 Å². The van der Waals surface area contributed by atoms with Crippen molar-refractivity contribution in [2.75, 3.05) is 19.6 Å². The Bertz CT molecular complexity index is 418. The Morgan fingerprint density at radius 3 is 2.60 bits per heavy atom. The van der Waals surface area contributed by atoms with Crippen LogP contribution in [0.5, 0.6) is 0 Å². The van der Waals surface area contributed by atoms with E-state index in [1.165, 1.54) is 12.0 Å². The van der Waals surface area contributed by atoms with E-state index in [-0.39, 0.29) is 11.4 Å². The van der Waals surface area contributed by atoms with Crippen LogP contribution < -0.4 is 5.32 Å². The minimum absolute atomic E-state index is 0.152. The standard InChI is InChI=1S/C17H27FN2/c1-4-16-12-19-17(3,5-2)13-20(16)11-10-14-6-8-15(18)9-7-14/h6-9,16,19H,4-5,10-13H2,1-3H3. The lowest BCUT2D eigenvalue weighted by atomic mass is 9.92. The SMILES string of the molecule is CCC1CNC(C)(CC)CN1CCc1ccc(F)cc1. The number of hydrogen-bond acceptors (Lipinski definition) is 2. The summed E-state index contributed by atoms with van der Waals surface area (Å²) >= 11 is 0. The zero-order valence-electron chi connectivity index (χ0n) is 13.0. The van der Waals surface area contributed by atoms with Crippen molar-refractivity contribution in [3.8, 4) is 0 Å². The fraction of sp³-hybridized carbons (Fsp3) is 0.647. The van der Waals surface area contributed by atoms with Crippen molar-refractivity contribution in [3.63, 3.8) is 0 Å². The number of nitrogens with zero attached hydrogens (tertiary/aromatic N) is 1. The summed E-state index contributed by atoms with van der Waals surface area (Å²) in [5.74, 6) is -0.152. The average molecular weight is 278 g/mol. The summed E-state index contributed by atoms with van der Waals surface area (Å²) in [5.41, 5.74) is 1.45. The highest BCUT2D eigenvalue weighted by molar-refractivity contribution is 5.16. The van der Waals surface area contributed by atoms with Gasteiger partial charge in [-0.3, -0.25) is 4.90 Å². The van der Waals surface area contributed by atoms with Gasteiger partial charge in [-0.25, -0.2) is 4.39 Å². The monoisotopic (exact) mass is 278 g/mol. The van der Waals surface area contributed by atoms with Gasteiger partial charge in [0.1, 0.15) is 5.82 Å². The van der Waals surface area contributed by atoms with Crippen molar-refractivity contribution >= 4 is 0 Å². The Morgan fingerprint density at radius 2 is 2.00 bits per heavy atom. The first kappa shape index (κ1) is 15.5. The molecule has 1 aliphatic heterocycles. The fourth-order valence-corrected chi connectivity index (χ4v) is 2.95. The minimum Gasteiger partial charge on any atom is -0.309 e. The summed E-state index contributed by atoms with van der Waals surface area (Å²) in [7, 11) is 0. The summed E-state index contributed by atoms with van der Waals surface area (Å²) in [4.78, 5) is 2.60. The Labute approximate surface area is 122 Å². The molecule has 2 atom stereocenters. The molecule has 1 aromatic rings. The van der Waals surface area contributed by atoms with E-state index in [0.29, 0.717) is 6.04 Å². The second kappa shape index (κ2) is 6.68. The molecular weight excluding hydrogens is 251 g/mol. The number of nitrogens with one attached hydrogen (secondary N) is 1. The zero-order valence-corrected chi connectivity index (χ0v) is 13.0. The van der Waals surface area contributed by atoms with E-state index < -0.39 is 0 Å². The molecule has 1 fully saturated rings. The molecule has 3 heteroatoms. The van der Waals surface area contributed by atoms with Crippen LogP contribution in [0.15, 0.2) is 24.3 Å². The van der Waals surface area contributed by atoms with Gasteiger partial charge in [-0.1, -0.05) is 26.0 Å². The number of rotatable bonds is 5. The number of piperazine rings is 1. The number of hydrogen-bond donors (Lipinski definition) is 1. The van der Waals surface area contributed by atoms with E-state index in [9.17, 15) is 4.39 Å². The van der Waals surface area contributed by atoms with Crippen molar-refractivity contribution < 1.29 is 4.39 Å².